The van der Waals surface area contributed by atoms with Gasteiger partial charge in [-0.15, -0.1) is 0 Å². The molecule has 0 saturated carbocycles. The van der Waals surface area contributed by atoms with Crippen LogP contribution in [0.25, 0.3) is 0 Å². The van der Waals surface area contributed by atoms with Gasteiger partial charge in [-0.05, 0) is 32.1 Å². The first-order valence-corrected chi connectivity index (χ1v) is 7.51. The Morgan fingerprint density at radius 2 is 0.944 bits per heavy atom. The summed E-state index contributed by atoms with van der Waals surface area (Å²) in [5.41, 5.74) is 0. The van der Waals surface area contributed by atoms with E-state index in [0.717, 1.165) is 19.3 Å². The third-order valence-corrected chi connectivity index (χ3v) is 2.66. The van der Waals surface area contributed by atoms with Crippen molar-refractivity contribution < 1.29 is 0 Å². The summed E-state index contributed by atoms with van der Waals surface area (Å²) in [5.74, 6) is 0. The van der Waals surface area contributed by atoms with Crippen molar-refractivity contribution in [3.05, 3.63) is 48.6 Å². The average Bonchev–Trinajstić information content (AvgIpc) is 2.39. The van der Waals surface area contributed by atoms with Crippen molar-refractivity contribution >= 4 is 0 Å². The van der Waals surface area contributed by atoms with Gasteiger partial charge < -0.3 is 0 Å². The van der Waals surface area contributed by atoms with E-state index < -0.39 is 0 Å². The Labute approximate surface area is 114 Å². The van der Waals surface area contributed by atoms with Crippen LogP contribution < -0.4 is 0 Å². The van der Waals surface area contributed by atoms with Crippen molar-refractivity contribution in [1.82, 2.24) is 0 Å². The molecule has 0 bridgehead atoms. The van der Waals surface area contributed by atoms with E-state index in [1.165, 1.54) is 32.1 Å². The van der Waals surface area contributed by atoms with Crippen LogP contribution in [0, 0.1) is 0 Å². The molecule has 0 amide bonds. The minimum atomic E-state index is 1.06. The second-order valence-corrected chi connectivity index (χ2v) is 4.52. The Morgan fingerprint density at radius 3 is 1.39 bits per heavy atom. The van der Waals surface area contributed by atoms with E-state index >= 15 is 0 Å². The largest absolute Gasteiger partial charge is 0.0882 e. The van der Waals surface area contributed by atoms with Gasteiger partial charge >= 0.3 is 0 Å². The SMILES string of the molecule is CCC/C=C/C/C=C/C/C=C/C/C=C/CCCC. The lowest BCUT2D eigenvalue weighted by Crippen LogP contribution is -1.67. The number of hydrogen-bond acceptors (Lipinski definition) is 0. The van der Waals surface area contributed by atoms with Gasteiger partial charge in [-0.1, -0.05) is 81.7 Å². The van der Waals surface area contributed by atoms with Crippen molar-refractivity contribution in [2.45, 2.75) is 65.2 Å². The first-order valence-electron chi connectivity index (χ1n) is 7.51. The first-order chi connectivity index (χ1) is 8.91. The lowest BCUT2D eigenvalue weighted by Gasteiger charge is -1.87. The van der Waals surface area contributed by atoms with Gasteiger partial charge in [0.1, 0.15) is 0 Å². The van der Waals surface area contributed by atoms with E-state index in [1.54, 1.807) is 0 Å². The highest BCUT2D eigenvalue weighted by Gasteiger charge is 1.77. The van der Waals surface area contributed by atoms with E-state index in [-0.39, 0.29) is 0 Å². The van der Waals surface area contributed by atoms with E-state index in [9.17, 15) is 0 Å². The van der Waals surface area contributed by atoms with Gasteiger partial charge in [0.15, 0.2) is 0 Å². The maximum Gasteiger partial charge on any atom is -0.0169 e. The molecule has 0 aliphatic heterocycles. The fraction of sp³-hybridized carbons (Fsp3) is 0.556. The Bertz CT molecular complexity index is 253. The molecule has 0 fully saturated rings. The zero-order chi connectivity index (χ0) is 13.3. The van der Waals surface area contributed by atoms with Crippen LogP contribution >= 0.6 is 0 Å². The molecule has 0 rings (SSSR count). The van der Waals surface area contributed by atoms with Gasteiger partial charge in [-0.2, -0.15) is 0 Å². The Kier molecular flexibility index (Phi) is 15.0. The summed E-state index contributed by atoms with van der Waals surface area (Å²) in [7, 11) is 0. The highest BCUT2D eigenvalue weighted by atomic mass is 13.8. The molecule has 0 aliphatic rings. The van der Waals surface area contributed by atoms with Crippen molar-refractivity contribution in [1.29, 1.82) is 0 Å². The smallest absolute Gasteiger partial charge is 0.0169 e. The highest BCUT2D eigenvalue weighted by molar-refractivity contribution is 4.99. The monoisotopic (exact) mass is 246 g/mol. The Morgan fingerprint density at radius 1 is 0.500 bits per heavy atom. The first kappa shape index (κ1) is 17.0. The van der Waals surface area contributed by atoms with Crippen LogP contribution in [0.3, 0.4) is 0 Å². The zero-order valence-electron chi connectivity index (χ0n) is 12.3. The fourth-order valence-corrected chi connectivity index (χ4v) is 1.54. The van der Waals surface area contributed by atoms with E-state index in [2.05, 4.69) is 62.5 Å². The minimum absolute atomic E-state index is 1.06. The van der Waals surface area contributed by atoms with Crippen molar-refractivity contribution in [2.24, 2.45) is 0 Å². The zero-order valence-corrected chi connectivity index (χ0v) is 12.3. The molecule has 0 nitrogen and oxygen atoms in total. The molecule has 0 aliphatic carbocycles. The van der Waals surface area contributed by atoms with Gasteiger partial charge in [0.25, 0.3) is 0 Å². The van der Waals surface area contributed by atoms with Gasteiger partial charge in [0.05, 0.1) is 0 Å². The molecule has 0 aromatic heterocycles. The molecule has 0 heteroatoms. The predicted molar refractivity (Wildman–Crippen MR) is 84.8 cm³/mol. The van der Waals surface area contributed by atoms with E-state index in [4.69, 9.17) is 0 Å². The lowest BCUT2D eigenvalue weighted by atomic mass is 10.2. The second kappa shape index (κ2) is 16.0. The van der Waals surface area contributed by atoms with Crippen molar-refractivity contribution in [3.63, 3.8) is 0 Å². The van der Waals surface area contributed by atoms with Crippen LogP contribution in [0.5, 0.6) is 0 Å². The number of allylic oxidation sites excluding steroid dienone is 8. The van der Waals surface area contributed by atoms with Crippen LogP contribution in [-0.4, -0.2) is 0 Å². The second-order valence-electron chi connectivity index (χ2n) is 4.52. The van der Waals surface area contributed by atoms with Crippen LogP contribution in [-0.2, 0) is 0 Å². The van der Waals surface area contributed by atoms with Crippen LogP contribution in [0.15, 0.2) is 48.6 Å². The van der Waals surface area contributed by atoms with Crippen LogP contribution in [0.2, 0.25) is 0 Å². The van der Waals surface area contributed by atoms with Crippen LogP contribution in [0.1, 0.15) is 65.2 Å². The van der Waals surface area contributed by atoms with Gasteiger partial charge in [-0.25, -0.2) is 0 Å². The standard InChI is InChI=1S/C18H30/c1-3-5-7-9-11-13-15-17-18-16-14-12-10-8-6-4-2/h7,9-10,12-13,15-16,18H,3-6,8,11,14,17H2,1-2H3/b9-7+,12-10+,15-13+,18-16+. The van der Waals surface area contributed by atoms with Gasteiger partial charge in [0, 0.05) is 0 Å². The van der Waals surface area contributed by atoms with Crippen molar-refractivity contribution in [3.8, 4) is 0 Å². The summed E-state index contributed by atoms with van der Waals surface area (Å²) in [6.07, 6.45) is 27.6. The summed E-state index contributed by atoms with van der Waals surface area (Å²) < 4.78 is 0. The molecule has 0 spiro atoms. The summed E-state index contributed by atoms with van der Waals surface area (Å²) in [6, 6.07) is 0. The third-order valence-electron chi connectivity index (χ3n) is 2.66. The van der Waals surface area contributed by atoms with Crippen molar-refractivity contribution in [2.75, 3.05) is 0 Å². The third kappa shape index (κ3) is 15.0. The average molecular weight is 246 g/mol. The lowest BCUT2D eigenvalue weighted by molar-refractivity contribution is 0.813. The molecule has 0 N–H and O–H groups in total. The summed E-state index contributed by atoms with van der Waals surface area (Å²) in [6.45, 7) is 4.44. The number of rotatable bonds is 11. The fourth-order valence-electron chi connectivity index (χ4n) is 1.54. The quantitative estimate of drug-likeness (QED) is 0.293. The Hall–Kier alpha value is -1.04. The molecule has 0 radical (unpaired) electrons. The number of unbranched alkanes of at least 4 members (excludes halogenated alkanes) is 3. The predicted octanol–water partition coefficient (Wildman–Crippen LogP) is 6.37. The maximum absolute atomic E-state index is 2.29. The molecular weight excluding hydrogens is 216 g/mol. The van der Waals surface area contributed by atoms with E-state index in [1.807, 2.05) is 0 Å². The normalized spacial score (nSPS) is 12.8. The molecule has 0 aromatic carbocycles. The molecule has 0 aromatic rings. The molecule has 18 heavy (non-hydrogen) atoms. The minimum Gasteiger partial charge on any atom is -0.0882 e. The van der Waals surface area contributed by atoms with Crippen LogP contribution in [0.4, 0.5) is 0 Å². The summed E-state index contributed by atoms with van der Waals surface area (Å²) in [5, 5.41) is 0. The highest BCUT2D eigenvalue weighted by Crippen LogP contribution is 1.98. The summed E-state index contributed by atoms with van der Waals surface area (Å²) >= 11 is 0. The topological polar surface area (TPSA) is 0 Å². The molecule has 0 heterocycles. The number of hydrogen-bond donors (Lipinski definition) is 0. The Balaban J connectivity index is 3.36. The van der Waals surface area contributed by atoms with Gasteiger partial charge in [-0.3, -0.25) is 0 Å². The molecule has 102 valence electrons. The molecule has 0 atom stereocenters. The summed E-state index contributed by atoms with van der Waals surface area (Å²) in [4.78, 5) is 0. The van der Waals surface area contributed by atoms with Gasteiger partial charge in [0.2, 0.25) is 0 Å². The molecule has 0 unspecified atom stereocenters. The molecular formula is C18H30. The molecule has 0 saturated heterocycles. The maximum atomic E-state index is 2.29. The van der Waals surface area contributed by atoms with E-state index in [0.29, 0.717) is 0 Å².